The minimum absolute atomic E-state index is 0.339. The van der Waals surface area contributed by atoms with Gasteiger partial charge in [-0.1, -0.05) is 29.8 Å². The van der Waals surface area contributed by atoms with Crippen LogP contribution < -0.4 is 11.1 Å². The highest BCUT2D eigenvalue weighted by atomic mass is 16.5. The zero-order valence-electron chi connectivity index (χ0n) is 13.7. The predicted molar refractivity (Wildman–Crippen MR) is 94.8 cm³/mol. The summed E-state index contributed by atoms with van der Waals surface area (Å²) >= 11 is 0. The number of rotatable bonds is 6. The summed E-state index contributed by atoms with van der Waals surface area (Å²) < 4.78 is 4.87. The van der Waals surface area contributed by atoms with Crippen LogP contribution in [0.15, 0.2) is 54.6 Å². The number of amides is 2. The van der Waals surface area contributed by atoms with Crippen molar-refractivity contribution in [3.05, 3.63) is 71.3 Å². The number of carbonyl (C=O) groups excluding carboxylic acids is 3. The number of hydrogen-bond acceptors (Lipinski definition) is 4. The molecule has 0 aliphatic rings. The van der Waals surface area contributed by atoms with Gasteiger partial charge in [-0.25, -0.2) is 4.79 Å². The summed E-state index contributed by atoms with van der Waals surface area (Å²) in [7, 11) is 0. The largest absolute Gasteiger partial charge is 0.452 e. The first-order valence-electron chi connectivity index (χ1n) is 7.55. The zero-order chi connectivity index (χ0) is 18.2. The van der Waals surface area contributed by atoms with E-state index in [1.165, 1.54) is 30.3 Å². The van der Waals surface area contributed by atoms with Gasteiger partial charge >= 0.3 is 5.97 Å². The molecule has 0 saturated carbocycles. The monoisotopic (exact) mass is 338 g/mol. The van der Waals surface area contributed by atoms with E-state index in [0.29, 0.717) is 11.3 Å². The van der Waals surface area contributed by atoms with Crippen molar-refractivity contribution in [3.8, 4) is 0 Å². The molecule has 0 aliphatic heterocycles. The zero-order valence-corrected chi connectivity index (χ0v) is 13.7. The van der Waals surface area contributed by atoms with Crippen LogP contribution in [0.5, 0.6) is 0 Å². The molecule has 0 radical (unpaired) electrons. The summed E-state index contributed by atoms with van der Waals surface area (Å²) in [5.74, 6) is -1.64. The molecule has 2 aromatic carbocycles. The van der Waals surface area contributed by atoms with Crippen molar-refractivity contribution in [2.24, 2.45) is 5.73 Å². The van der Waals surface area contributed by atoms with Gasteiger partial charge in [0.15, 0.2) is 6.61 Å². The van der Waals surface area contributed by atoms with Crippen LogP contribution in [0.1, 0.15) is 21.5 Å². The number of nitrogens with two attached hydrogens (primary N) is 1. The fourth-order valence-corrected chi connectivity index (χ4v) is 1.94. The Hall–Kier alpha value is -3.41. The van der Waals surface area contributed by atoms with Gasteiger partial charge in [0, 0.05) is 17.3 Å². The Balaban J connectivity index is 1.79. The number of hydrogen-bond donors (Lipinski definition) is 2. The van der Waals surface area contributed by atoms with Gasteiger partial charge in [-0.2, -0.15) is 0 Å². The van der Waals surface area contributed by atoms with Crippen molar-refractivity contribution in [1.82, 2.24) is 0 Å². The Kier molecular flexibility index (Phi) is 6.06. The maximum atomic E-state index is 11.7. The summed E-state index contributed by atoms with van der Waals surface area (Å²) in [5.41, 5.74) is 7.93. The van der Waals surface area contributed by atoms with Crippen molar-refractivity contribution in [2.45, 2.75) is 6.92 Å². The number of anilines is 1. The highest BCUT2D eigenvalue weighted by molar-refractivity contribution is 5.96. The molecule has 3 N–H and O–H groups in total. The van der Waals surface area contributed by atoms with E-state index < -0.39 is 24.4 Å². The lowest BCUT2D eigenvalue weighted by atomic mass is 10.1. The van der Waals surface area contributed by atoms with Crippen LogP contribution in [-0.2, 0) is 14.3 Å². The normalized spacial score (nSPS) is 10.4. The molecule has 0 fully saturated rings. The van der Waals surface area contributed by atoms with Crippen molar-refractivity contribution in [2.75, 3.05) is 11.9 Å². The second kappa shape index (κ2) is 8.44. The highest BCUT2D eigenvalue weighted by Gasteiger charge is 2.06. The summed E-state index contributed by atoms with van der Waals surface area (Å²) in [4.78, 5) is 34.3. The lowest BCUT2D eigenvalue weighted by Gasteiger charge is -2.06. The Morgan fingerprint density at radius 3 is 2.28 bits per heavy atom. The van der Waals surface area contributed by atoms with E-state index in [2.05, 4.69) is 5.32 Å². The fraction of sp³-hybridized carbons (Fsp3) is 0.105. The number of primary amides is 1. The third-order valence-electron chi connectivity index (χ3n) is 3.29. The molecule has 2 aromatic rings. The van der Waals surface area contributed by atoms with Crippen LogP contribution in [0, 0.1) is 6.92 Å². The first-order chi connectivity index (χ1) is 11.9. The van der Waals surface area contributed by atoms with Crippen LogP contribution in [0.2, 0.25) is 0 Å². The number of nitrogens with one attached hydrogen (secondary N) is 1. The van der Waals surface area contributed by atoms with Crippen LogP contribution in [0.25, 0.3) is 6.08 Å². The Labute approximate surface area is 145 Å². The van der Waals surface area contributed by atoms with E-state index in [1.807, 2.05) is 31.2 Å². The maximum Gasteiger partial charge on any atom is 0.331 e. The van der Waals surface area contributed by atoms with E-state index in [1.54, 1.807) is 6.08 Å². The topological polar surface area (TPSA) is 98.5 Å². The molecule has 0 heterocycles. The van der Waals surface area contributed by atoms with Crippen molar-refractivity contribution in [3.63, 3.8) is 0 Å². The first-order valence-corrected chi connectivity index (χ1v) is 7.55. The Bertz CT molecular complexity index is 793. The quantitative estimate of drug-likeness (QED) is 0.623. The molecule has 6 heteroatoms. The van der Waals surface area contributed by atoms with Gasteiger partial charge in [-0.3, -0.25) is 9.59 Å². The standard InChI is InChI=1S/C19H18N2O4/c1-13-2-4-14(5-3-13)6-11-18(23)25-12-17(22)21-16-9-7-15(8-10-16)19(20)24/h2-11H,12H2,1H3,(H2,20,24)(H,21,22)/b11-6+. The maximum absolute atomic E-state index is 11.7. The molecular formula is C19H18N2O4. The highest BCUT2D eigenvalue weighted by Crippen LogP contribution is 2.09. The number of esters is 1. The molecule has 0 saturated heterocycles. The van der Waals surface area contributed by atoms with Gasteiger partial charge in [0.25, 0.3) is 5.91 Å². The fourth-order valence-electron chi connectivity index (χ4n) is 1.94. The third kappa shape index (κ3) is 5.95. The Morgan fingerprint density at radius 2 is 1.68 bits per heavy atom. The van der Waals surface area contributed by atoms with Crippen LogP contribution in [0.3, 0.4) is 0 Å². The van der Waals surface area contributed by atoms with Crippen molar-refractivity contribution in [1.29, 1.82) is 0 Å². The van der Waals surface area contributed by atoms with E-state index in [9.17, 15) is 14.4 Å². The second-order valence-electron chi connectivity index (χ2n) is 5.34. The lowest BCUT2D eigenvalue weighted by Crippen LogP contribution is -2.20. The van der Waals surface area contributed by atoms with E-state index >= 15 is 0 Å². The minimum atomic E-state index is -0.611. The molecule has 0 unspecified atom stereocenters. The van der Waals surface area contributed by atoms with E-state index in [0.717, 1.165) is 11.1 Å². The first kappa shape index (κ1) is 17.9. The van der Waals surface area contributed by atoms with E-state index in [-0.39, 0.29) is 0 Å². The average molecular weight is 338 g/mol. The molecule has 128 valence electrons. The lowest BCUT2D eigenvalue weighted by molar-refractivity contribution is -0.142. The molecular weight excluding hydrogens is 320 g/mol. The van der Waals surface area contributed by atoms with Crippen LogP contribution >= 0.6 is 0 Å². The Morgan fingerprint density at radius 1 is 1.04 bits per heavy atom. The third-order valence-corrected chi connectivity index (χ3v) is 3.29. The summed E-state index contributed by atoms with van der Waals surface area (Å²) in [5, 5.41) is 2.55. The summed E-state index contributed by atoms with van der Waals surface area (Å²) in [6, 6.07) is 13.7. The number of benzene rings is 2. The number of ether oxygens (including phenoxy) is 1. The van der Waals surface area contributed by atoms with Crippen LogP contribution in [0.4, 0.5) is 5.69 Å². The SMILES string of the molecule is Cc1ccc(/C=C/C(=O)OCC(=O)Nc2ccc(C(N)=O)cc2)cc1. The second-order valence-corrected chi connectivity index (χ2v) is 5.34. The average Bonchev–Trinajstić information content (AvgIpc) is 2.60. The molecule has 0 aromatic heterocycles. The van der Waals surface area contributed by atoms with Crippen molar-refractivity contribution < 1.29 is 19.1 Å². The summed E-state index contributed by atoms with van der Waals surface area (Å²) in [6.07, 6.45) is 2.88. The van der Waals surface area contributed by atoms with E-state index in [4.69, 9.17) is 10.5 Å². The van der Waals surface area contributed by atoms with Gasteiger partial charge in [0.2, 0.25) is 5.91 Å². The predicted octanol–water partition coefficient (Wildman–Crippen LogP) is 2.29. The molecule has 2 amide bonds. The number of carbonyl (C=O) groups is 3. The van der Waals surface area contributed by atoms with Gasteiger partial charge in [-0.05, 0) is 42.8 Å². The van der Waals surface area contributed by atoms with Crippen molar-refractivity contribution >= 4 is 29.5 Å². The summed E-state index contributed by atoms with van der Waals surface area (Å²) in [6.45, 7) is 1.57. The molecule has 6 nitrogen and oxygen atoms in total. The van der Waals surface area contributed by atoms with Gasteiger partial charge < -0.3 is 15.8 Å². The molecule has 25 heavy (non-hydrogen) atoms. The smallest absolute Gasteiger partial charge is 0.331 e. The van der Waals surface area contributed by atoms with Gasteiger partial charge in [0.1, 0.15) is 0 Å². The van der Waals surface area contributed by atoms with Gasteiger partial charge in [0.05, 0.1) is 0 Å². The number of aryl methyl sites for hydroxylation is 1. The molecule has 2 rings (SSSR count). The molecule has 0 aliphatic carbocycles. The molecule has 0 spiro atoms. The van der Waals surface area contributed by atoms with Crippen LogP contribution in [-0.4, -0.2) is 24.4 Å². The minimum Gasteiger partial charge on any atom is -0.452 e. The van der Waals surface area contributed by atoms with Gasteiger partial charge in [-0.15, -0.1) is 0 Å². The molecule has 0 bridgehead atoms. The molecule has 0 atom stereocenters.